The molecule has 0 bridgehead atoms. The Hall–Kier alpha value is -0.750. The lowest BCUT2D eigenvalue weighted by Gasteiger charge is -2.10. The van der Waals surface area contributed by atoms with Crippen LogP contribution in [-0.4, -0.2) is 0 Å². The van der Waals surface area contributed by atoms with Crippen molar-refractivity contribution < 1.29 is 0 Å². The maximum Gasteiger partial charge on any atom is 0.0473 e. The van der Waals surface area contributed by atoms with Crippen molar-refractivity contribution in [2.24, 2.45) is 0 Å². The van der Waals surface area contributed by atoms with Crippen LogP contribution in [0.25, 0.3) is 0 Å². The zero-order chi connectivity index (χ0) is 9.14. The van der Waals surface area contributed by atoms with Crippen molar-refractivity contribution in [2.75, 3.05) is 0 Å². The van der Waals surface area contributed by atoms with Crippen LogP contribution in [0.1, 0.15) is 24.0 Å². The fraction of sp³-hybridized carbons (Fsp3) is 0.273. The fourth-order valence-corrected chi connectivity index (χ4v) is 1.45. The zero-order valence-corrected chi connectivity index (χ0v) is 8.23. The van der Waals surface area contributed by atoms with Crippen LogP contribution in [0.4, 0.5) is 0 Å². The van der Waals surface area contributed by atoms with Gasteiger partial charge < -0.3 is 0 Å². The molecule has 0 spiro atoms. The second-order valence-corrected chi connectivity index (χ2v) is 3.38. The van der Waals surface area contributed by atoms with Crippen molar-refractivity contribution in [1.82, 2.24) is 0 Å². The third-order valence-electron chi connectivity index (χ3n) is 2.07. The number of benzene rings is 1. The second kappa shape index (κ2) is 3.77. The Morgan fingerprint density at radius 1 is 1.50 bits per heavy atom. The van der Waals surface area contributed by atoms with Gasteiger partial charge in [-0.3, -0.25) is 0 Å². The topological polar surface area (TPSA) is 0 Å². The van der Waals surface area contributed by atoms with Crippen LogP contribution in [0.5, 0.6) is 0 Å². The molecule has 0 amide bonds. The summed E-state index contributed by atoms with van der Waals surface area (Å²) < 4.78 is 0. The van der Waals surface area contributed by atoms with Crippen molar-refractivity contribution in [2.45, 2.75) is 19.8 Å². The van der Waals surface area contributed by atoms with Gasteiger partial charge in [0.15, 0.2) is 0 Å². The van der Waals surface area contributed by atoms with Crippen LogP contribution < -0.4 is 0 Å². The SMILES string of the molecule is C=CC(C)c1cccc(C)c1Cl. The molecule has 12 heavy (non-hydrogen) atoms. The Morgan fingerprint density at radius 2 is 2.17 bits per heavy atom. The molecule has 0 N–H and O–H groups in total. The second-order valence-electron chi connectivity index (χ2n) is 3.00. The summed E-state index contributed by atoms with van der Waals surface area (Å²) in [6, 6.07) is 6.08. The van der Waals surface area contributed by atoms with E-state index in [1.165, 1.54) is 0 Å². The minimum atomic E-state index is 0.331. The predicted octanol–water partition coefficient (Wildman–Crippen LogP) is 3.94. The Bertz CT molecular complexity index is 289. The molecule has 1 heteroatoms. The van der Waals surface area contributed by atoms with Gasteiger partial charge in [0.1, 0.15) is 0 Å². The van der Waals surface area contributed by atoms with Gasteiger partial charge in [-0.2, -0.15) is 0 Å². The Morgan fingerprint density at radius 3 is 2.75 bits per heavy atom. The summed E-state index contributed by atoms with van der Waals surface area (Å²) in [6.07, 6.45) is 1.90. The van der Waals surface area contributed by atoms with Crippen LogP contribution in [0, 0.1) is 6.92 Å². The molecule has 0 radical (unpaired) electrons. The molecular weight excluding hydrogens is 168 g/mol. The fourth-order valence-electron chi connectivity index (χ4n) is 1.15. The van der Waals surface area contributed by atoms with Crippen LogP contribution >= 0.6 is 11.6 Å². The quantitative estimate of drug-likeness (QED) is 0.605. The molecular formula is C11H13Cl. The standard InChI is InChI=1S/C11H13Cl/c1-4-8(2)10-7-5-6-9(3)11(10)12/h4-8H,1H2,2-3H3. The molecule has 0 aliphatic carbocycles. The first-order valence-corrected chi connectivity index (χ1v) is 4.42. The first-order chi connectivity index (χ1) is 5.66. The third-order valence-corrected chi connectivity index (χ3v) is 2.58. The first-order valence-electron chi connectivity index (χ1n) is 4.04. The van der Waals surface area contributed by atoms with E-state index in [9.17, 15) is 0 Å². The molecule has 0 saturated carbocycles. The van der Waals surface area contributed by atoms with E-state index in [1.54, 1.807) is 0 Å². The van der Waals surface area contributed by atoms with Gasteiger partial charge in [0.05, 0.1) is 0 Å². The van der Waals surface area contributed by atoms with Crippen LogP contribution in [0.15, 0.2) is 30.9 Å². The maximum atomic E-state index is 6.12. The van der Waals surface area contributed by atoms with E-state index in [2.05, 4.69) is 13.5 Å². The van der Waals surface area contributed by atoms with Gasteiger partial charge in [0, 0.05) is 10.9 Å². The van der Waals surface area contributed by atoms with Gasteiger partial charge in [-0.05, 0) is 18.1 Å². The molecule has 1 aromatic carbocycles. The summed E-state index contributed by atoms with van der Waals surface area (Å²) in [7, 11) is 0. The Kier molecular flexibility index (Phi) is 2.93. The van der Waals surface area contributed by atoms with Crippen molar-refractivity contribution in [1.29, 1.82) is 0 Å². The molecule has 64 valence electrons. The molecule has 0 aromatic heterocycles. The molecule has 0 aliphatic heterocycles. The zero-order valence-electron chi connectivity index (χ0n) is 7.47. The molecule has 0 heterocycles. The monoisotopic (exact) mass is 180 g/mol. The normalized spacial score (nSPS) is 12.6. The summed E-state index contributed by atoms with van der Waals surface area (Å²) in [6.45, 7) is 7.86. The number of rotatable bonds is 2. The minimum absolute atomic E-state index is 0.331. The van der Waals surface area contributed by atoms with Crippen LogP contribution in [0.2, 0.25) is 5.02 Å². The molecule has 1 rings (SSSR count). The van der Waals surface area contributed by atoms with Crippen LogP contribution in [0.3, 0.4) is 0 Å². The first kappa shape index (κ1) is 9.34. The van der Waals surface area contributed by atoms with E-state index in [0.717, 1.165) is 16.1 Å². The summed E-state index contributed by atoms with van der Waals surface area (Å²) in [4.78, 5) is 0. The Labute approximate surface area is 78.9 Å². The van der Waals surface area contributed by atoms with Gasteiger partial charge in [0.25, 0.3) is 0 Å². The highest BCUT2D eigenvalue weighted by atomic mass is 35.5. The van der Waals surface area contributed by atoms with E-state index in [4.69, 9.17) is 11.6 Å². The van der Waals surface area contributed by atoms with Crippen molar-refractivity contribution in [3.63, 3.8) is 0 Å². The van der Waals surface area contributed by atoms with E-state index >= 15 is 0 Å². The van der Waals surface area contributed by atoms with Crippen LogP contribution in [-0.2, 0) is 0 Å². The molecule has 0 fully saturated rings. The summed E-state index contributed by atoms with van der Waals surface area (Å²) in [5.41, 5.74) is 2.29. The largest absolute Gasteiger partial charge is 0.102 e. The highest BCUT2D eigenvalue weighted by molar-refractivity contribution is 6.32. The highest BCUT2D eigenvalue weighted by Crippen LogP contribution is 2.27. The molecule has 0 aliphatic rings. The van der Waals surface area contributed by atoms with Crippen molar-refractivity contribution in [3.05, 3.63) is 47.0 Å². The number of hydrogen-bond acceptors (Lipinski definition) is 0. The molecule has 1 atom stereocenters. The lowest BCUT2D eigenvalue weighted by Crippen LogP contribution is -1.91. The number of allylic oxidation sites excluding steroid dienone is 1. The number of halogens is 1. The predicted molar refractivity (Wildman–Crippen MR) is 54.8 cm³/mol. The van der Waals surface area contributed by atoms with E-state index < -0.39 is 0 Å². The van der Waals surface area contributed by atoms with Gasteiger partial charge >= 0.3 is 0 Å². The molecule has 0 nitrogen and oxygen atoms in total. The average molecular weight is 181 g/mol. The van der Waals surface area contributed by atoms with E-state index in [0.29, 0.717) is 5.92 Å². The lowest BCUT2D eigenvalue weighted by atomic mass is 9.99. The van der Waals surface area contributed by atoms with Gasteiger partial charge in [-0.1, -0.05) is 42.8 Å². The third kappa shape index (κ3) is 1.70. The molecule has 1 unspecified atom stereocenters. The highest BCUT2D eigenvalue weighted by Gasteiger charge is 2.06. The Balaban J connectivity index is 3.15. The number of aryl methyl sites for hydroxylation is 1. The van der Waals surface area contributed by atoms with E-state index in [1.807, 2.05) is 31.2 Å². The minimum Gasteiger partial charge on any atom is -0.102 e. The van der Waals surface area contributed by atoms with E-state index in [-0.39, 0.29) is 0 Å². The van der Waals surface area contributed by atoms with Crippen molar-refractivity contribution in [3.8, 4) is 0 Å². The molecule has 1 aromatic rings. The van der Waals surface area contributed by atoms with Gasteiger partial charge in [-0.15, -0.1) is 6.58 Å². The van der Waals surface area contributed by atoms with Crippen molar-refractivity contribution >= 4 is 11.6 Å². The molecule has 0 saturated heterocycles. The lowest BCUT2D eigenvalue weighted by molar-refractivity contribution is 0.968. The average Bonchev–Trinajstić information content (AvgIpc) is 2.08. The van der Waals surface area contributed by atoms with Gasteiger partial charge in [-0.25, -0.2) is 0 Å². The van der Waals surface area contributed by atoms with Gasteiger partial charge in [0.2, 0.25) is 0 Å². The number of hydrogen-bond donors (Lipinski definition) is 0. The summed E-state index contributed by atoms with van der Waals surface area (Å²) in [5.74, 6) is 0.331. The maximum absolute atomic E-state index is 6.12. The summed E-state index contributed by atoms with van der Waals surface area (Å²) in [5, 5.41) is 0.866. The smallest absolute Gasteiger partial charge is 0.0473 e. The summed E-state index contributed by atoms with van der Waals surface area (Å²) >= 11 is 6.12.